The van der Waals surface area contributed by atoms with E-state index >= 15 is 0 Å². The first-order valence-corrected chi connectivity index (χ1v) is 9.61. The molecule has 0 aliphatic heterocycles. The van der Waals surface area contributed by atoms with E-state index in [1.54, 1.807) is 20.8 Å². The quantitative estimate of drug-likeness (QED) is 0.618. The highest BCUT2D eigenvalue weighted by Crippen LogP contribution is 2.33. The van der Waals surface area contributed by atoms with Gasteiger partial charge in [-0.3, -0.25) is 9.69 Å². The molecule has 0 fully saturated rings. The molecule has 1 aromatic heterocycles. The molecule has 5 heteroatoms. The van der Waals surface area contributed by atoms with Crippen LogP contribution in [-0.2, 0) is 11.2 Å². The van der Waals surface area contributed by atoms with E-state index in [1.807, 2.05) is 7.05 Å². The summed E-state index contributed by atoms with van der Waals surface area (Å²) in [5.74, 6) is -0.380. The average Bonchev–Trinajstić information content (AvgIpc) is 2.95. The number of aromatic nitrogens is 1. The van der Waals surface area contributed by atoms with E-state index in [0.717, 1.165) is 19.3 Å². The Morgan fingerprint density at radius 1 is 1.26 bits per heavy atom. The molecule has 1 aliphatic rings. The zero-order valence-corrected chi connectivity index (χ0v) is 16.6. The fourth-order valence-electron chi connectivity index (χ4n) is 4.14. The van der Waals surface area contributed by atoms with Crippen LogP contribution in [-0.4, -0.2) is 41.8 Å². The summed E-state index contributed by atoms with van der Waals surface area (Å²) >= 11 is 0. The van der Waals surface area contributed by atoms with Crippen LogP contribution >= 0.6 is 0 Å². The molecule has 1 atom stereocenters. The first-order chi connectivity index (χ1) is 12.9. The summed E-state index contributed by atoms with van der Waals surface area (Å²) in [6, 6.07) is 8.75. The minimum Gasteiger partial charge on any atom is -0.462 e. The van der Waals surface area contributed by atoms with Crippen molar-refractivity contribution in [2.24, 2.45) is 0 Å². The number of hydrogen-bond donors (Lipinski definition) is 1. The normalized spacial score (nSPS) is 16.3. The van der Waals surface area contributed by atoms with E-state index < -0.39 is 0 Å². The van der Waals surface area contributed by atoms with Crippen molar-refractivity contribution in [3.8, 4) is 0 Å². The summed E-state index contributed by atoms with van der Waals surface area (Å²) in [5.41, 5.74) is 5.04. The van der Waals surface area contributed by atoms with Crippen molar-refractivity contribution in [1.29, 1.82) is 0 Å². The van der Waals surface area contributed by atoms with E-state index in [9.17, 15) is 9.59 Å². The third-order valence-corrected chi connectivity index (χ3v) is 5.46. The number of Topliss-reactive ketones (excluding diaryl/α,β-unsaturated/α-hetero) is 1. The van der Waals surface area contributed by atoms with Crippen LogP contribution in [0.2, 0.25) is 0 Å². The molecular weight excluding hydrogens is 340 g/mol. The highest BCUT2D eigenvalue weighted by atomic mass is 16.5. The van der Waals surface area contributed by atoms with Gasteiger partial charge in [-0.1, -0.05) is 24.3 Å². The number of likely N-dealkylation sites (N-methyl/N-ethyl adjacent to an activating group) is 1. The number of carbonyl (C=O) groups is 2. The van der Waals surface area contributed by atoms with Crippen molar-refractivity contribution in [2.75, 3.05) is 20.2 Å². The number of H-pyrrole nitrogens is 1. The second-order valence-corrected chi connectivity index (χ2v) is 7.29. The van der Waals surface area contributed by atoms with Crippen LogP contribution in [0, 0.1) is 13.8 Å². The van der Waals surface area contributed by atoms with Gasteiger partial charge in [-0.2, -0.15) is 0 Å². The second-order valence-electron chi connectivity index (χ2n) is 7.29. The maximum absolute atomic E-state index is 13.0. The van der Waals surface area contributed by atoms with E-state index in [4.69, 9.17) is 4.74 Å². The lowest BCUT2D eigenvalue weighted by Crippen LogP contribution is -2.32. The van der Waals surface area contributed by atoms with Crippen LogP contribution in [0.1, 0.15) is 69.0 Å². The third-order valence-electron chi connectivity index (χ3n) is 5.46. The van der Waals surface area contributed by atoms with Gasteiger partial charge in [0.1, 0.15) is 0 Å². The van der Waals surface area contributed by atoms with Crippen LogP contribution in [0.15, 0.2) is 24.3 Å². The molecule has 144 valence electrons. The molecule has 0 radical (unpaired) electrons. The van der Waals surface area contributed by atoms with Gasteiger partial charge in [-0.25, -0.2) is 4.79 Å². The van der Waals surface area contributed by atoms with Crippen LogP contribution in [0.3, 0.4) is 0 Å². The average molecular weight is 368 g/mol. The molecule has 1 N–H and O–H groups in total. The van der Waals surface area contributed by atoms with Gasteiger partial charge < -0.3 is 9.72 Å². The zero-order chi connectivity index (χ0) is 19.6. The minimum atomic E-state index is -0.377. The van der Waals surface area contributed by atoms with Gasteiger partial charge in [0.15, 0.2) is 5.78 Å². The summed E-state index contributed by atoms with van der Waals surface area (Å²) in [6.07, 6.45) is 3.29. The number of aromatic amines is 1. The second kappa shape index (κ2) is 8.09. The number of hydrogen-bond acceptors (Lipinski definition) is 4. The molecule has 1 aliphatic carbocycles. The maximum atomic E-state index is 13.0. The van der Waals surface area contributed by atoms with Crippen molar-refractivity contribution >= 4 is 11.8 Å². The number of benzene rings is 1. The fraction of sp³-hybridized carbons (Fsp3) is 0.455. The number of aryl methyl sites for hydroxylation is 2. The number of carbonyl (C=O) groups excluding carboxylic acids is 2. The molecule has 27 heavy (non-hydrogen) atoms. The molecule has 0 spiro atoms. The summed E-state index contributed by atoms with van der Waals surface area (Å²) in [5, 5.41) is 0. The molecule has 5 nitrogen and oxygen atoms in total. The van der Waals surface area contributed by atoms with Crippen LogP contribution < -0.4 is 0 Å². The largest absolute Gasteiger partial charge is 0.462 e. The Morgan fingerprint density at radius 3 is 2.74 bits per heavy atom. The first kappa shape index (κ1) is 19.4. The highest BCUT2D eigenvalue weighted by Gasteiger charge is 2.27. The van der Waals surface area contributed by atoms with Crippen LogP contribution in [0.5, 0.6) is 0 Å². The maximum Gasteiger partial charge on any atom is 0.340 e. The Balaban J connectivity index is 1.78. The van der Waals surface area contributed by atoms with Gasteiger partial charge >= 0.3 is 5.97 Å². The topological polar surface area (TPSA) is 62.4 Å². The van der Waals surface area contributed by atoms with Gasteiger partial charge in [-0.15, -0.1) is 0 Å². The zero-order valence-electron chi connectivity index (χ0n) is 16.6. The van der Waals surface area contributed by atoms with E-state index in [1.165, 1.54) is 11.1 Å². The Hall–Kier alpha value is -2.40. The van der Waals surface area contributed by atoms with Gasteiger partial charge in [0.05, 0.1) is 24.4 Å². The lowest BCUT2D eigenvalue weighted by Gasteiger charge is -2.32. The van der Waals surface area contributed by atoms with Gasteiger partial charge in [-0.05, 0) is 63.8 Å². The predicted molar refractivity (Wildman–Crippen MR) is 105 cm³/mol. The smallest absolute Gasteiger partial charge is 0.340 e. The standard InChI is InChI=1S/C22H28N2O3/c1-5-27-22(26)20-14(2)21(23-15(20)3)19(25)13-24(4)18-12-8-10-16-9-6-7-11-17(16)18/h6-7,9,11,18,23H,5,8,10,12-13H2,1-4H3. The van der Waals surface area contributed by atoms with Crippen molar-refractivity contribution in [3.63, 3.8) is 0 Å². The molecule has 1 aromatic carbocycles. The number of ketones is 1. The lowest BCUT2D eigenvalue weighted by atomic mass is 9.87. The summed E-state index contributed by atoms with van der Waals surface area (Å²) < 4.78 is 5.12. The van der Waals surface area contributed by atoms with Gasteiger partial charge in [0, 0.05) is 11.7 Å². The Bertz CT molecular complexity index is 853. The van der Waals surface area contributed by atoms with Crippen molar-refractivity contribution < 1.29 is 14.3 Å². The summed E-state index contributed by atoms with van der Waals surface area (Å²) in [4.78, 5) is 30.3. The predicted octanol–water partition coefficient (Wildman–Crippen LogP) is 4.00. The molecule has 1 heterocycles. The molecule has 3 rings (SSSR count). The van der Waals surface area contributed by atoms with Gasteiger partial charge in [0.2, 0.25) is 0 Å². The third kappa shape index (κ3) is 3.83. The number of ether oxygens (including phenoxy) is 1. The molecule has 0 bridgehead atoms. The highest BCUT2D eigenvalue weighted by molar-refractivity contribution is 6.02. The SMILES string of the molecule is CCOC(=O)c1c(C)[nH]c(C(=O)CN(C)C2CCCc3ccccc32)c1C. The summed E-state index contributed by atoms with van der Waals surface area (Å²) in [7, 11) is 2.00. The molecule has 0 saturated carbocycles. The Labute approximate surface area is 160 Å². The molecule has 0 amide bonds. The fourth-order valence-corrected chi connectivity index (χ4v) is 4.14. The van der Waals surface area contributed by atoms with Crippen LogP contribution in [0.25, 0.3) is 0 Å². The van der Waals surface area contributed by atoms with Crippen molar-refractivity contribution in [2.45, 2.75) is 46.1 Å². The Kier molecular flexibility index (Phi) is 5.80. The molecular formula is C22H28N2O3. The van der Waals surface area contributed by atoms with E-state index in [2.05, 4.69) is 34.1 Å². The minimum absolute atomic E-state index is 0.00305. The Morgan fingerprint density at radius 2 is 2.00 bits per heavy atom. The number of nitrogens with zero attached hydrogens (tertiary/aromatic N) is 1. The number of nitrogens with one attached hydrogen (secondary N) is 1. The van der Waals surface area contributed by atoms with E-state index in [0.29, 0.717) is 35.7 Å². The van der Waals surface area contributed by atoms with E-state index in [-0.39, 0.29) is 17.8 Å². The number of rotatable bonds is 6. The molecule has 2 aromatic rings. The van der Waals surface area contributed by atoms with Crippen molar-refractivity contribution in [1.82, 2.24) is 9.88 Å². The first-order valence-electron chi connectivity index (χ1n) is 9.61. The number of esters is 1. The monoisotopic (exact) mass is 368 g/mol. The summed E-state index contributed by atoms with van der Waals surface area (Å²) in [6.45, 7) is 6.01. The van der Waals surface area contributed by atoms with Gasteiger partial charge in [0.25, 0.3) is 0 Å². The molecule has 1 unspecified atom stereocenters. The molecule has 0 saturated heterocycles. The van der Waals surface area contributed by atoms with Crippen molar-refractivity contribution in [3.05, 3.63) is 57.9 Å². The van der Waals surface area contributed by atoms with Crippen LogP contribution in [0.4, 0.5) is 0 Å². The lowest BCUT2D eigenvalue weighted by molar-refractivity contribution is 0.0525. The number of fused-ring (bicyclic) bond motifs is 1.